The van der Waals surface area contributed by atoms with Crippen molar-refractivity contribution in [3.63, 3.8) is 0 Å². The van der Waals surface area contributed by atoms with Crippen LogP contribution in [0.5, 0.6) is 0 Å². The molecule has 1 aromatic heterocycles. The normalized spacial score (nSPS) is 11.5. The Balaban J connectivity index is 2.72. The van der Waals surface area contributed by atoms with Crippen LogP contribution in [0.25, 0.3) is 0 Å². The minimum absolute atomic E-state index is 0.142. The van der Waals surface area contributed by atoms with Crippen LogP contribution in [0.15, 0.2) is 12.3 Å². The van der Waals surface area contributed by atoms with Crippen LogP contribution in [0.1, 0.15) is 36.3 Å². The van der Waals surface area contributed by atoms with Crippen molar-refractivity contribution < 1.29 is 17.9 Å². The summed E-state index contributed by atoms with van der Waals surface area (Å²) in [6.07, 6.45) is 2.29. The second-order valence-electron chi connectivity index (χ2n) is 4.35. The topological polar surface area (TPSA) is 65.4 Å². The summed E-state index contributed by atoms with van der Waals surface area (Å²) in [7, 11) is -2.96. The van der Waals surface area contributed by atoms with E-state index in [4.69, 9.17) is 4.74 Å². The van der Waals surface area contributed by atoms with Gasteiger partial charge >= 0.3 is 5.97 Å². The number of nitrogens with zero attached hydrogens (tertiary/aromatic N) is 1. The number of aromatic nitrogens is 1. The summed E-state index contributed by atoms with van der Waals surface area (Å²) in [5, 5.41) is 0. The lowest BCUT2D eigenvalue weighted by atomic mass is 10.2. The molecule has 0 aliphatic rings. The molecule has 0 fully saturated rings. The Morgan fingerprint density at radius 1 is 1.37 bits per heavy atom. The van der Waals surface area contributed by atoms with Crippen molar-refractivity contribution in [1.82, 2.24) is 4.57 Å². The smallest absolute Gasteiger partial charge is 0.355 e. The van der Waals surface area contributed by atoms with E-state index in [1.807, 2.05) is 13.0 Å². The van der Waals surface area contributed by atoms with Crippen molar-refractivity contribution in [2.24, 2.45) is 0 Å². The van der Waals surface area contributed by atoms with Gasteiger partial charge in [-0.3, -0.25) is 0 Å². The number of rotatable bonds is 7. The van der Waals surface area contributed by atoms with Gasteiger partial charge in [-0.2, -0.15) is 0 Å². The van der Waals surface area contributed by atoms with Crippen molar-refractivity contribution in [3.8, 4) is 0 Å². The number of sulfone groups is 1. The molecular weight excluding hydrogens is 266 g/mol. The molecule has 0 unspecified atom stereocenters. The number of carbonyl (C=O) groups excluding carboxylic acids is 1. The Hall–Kier alpha value is -1.30. The van der Waals surface area contributed by atoms with E-state index in [0.717, 1.165) is 5.56 Å². The molecule has 0 aliphatic carbocycles. The molecule has 0 aliphatic heterocycles. The van der Waals surface area contributed by atoms with Crippen molar-refractivity contribution >= 4 is 15.8 Å². The molecule has 0 aromatic carbocycles. The van der Waals surface area contributed by atoms with Crippen LogP contribution in [-0.2, 0) is 21.1 Å². The highest BCUT2D eigenvalue weighted by Crippen LogP contribution is 2.12. The number of esters is 1. The Bertz CT molecular complexity index is 531. The first-order valence-corrected chi connectivity index (χ1v) is 8.26. The maximum Gasteiger partial charge on any atom is 0.355 e. The maximum atomic E-state index is 11.8. The second-order valence-corrected chi connectivity index (χ2v) is 6.82. The molecule has 0 atom stereocenters. The third-order valence-corrected chi connectivity index (χ3v) is 4.72. The van der Waals surface area contributed by atoms with E-state index in [-0.39, 0.29) is 17.5 Å². The average Bonchev–Trinajstić information content (AvgIpc) is 2.71. The molecule has 1 heterocycles. The van der Waals surface area contributed by atoms with Gasteiger partial charge in [-0.05, 0) is 31.9 Å². The highest BCUT2D eigenvalue weighted by Gasteiger charge is 2.16. The lowest BCUT2D eigenvalue weighted by Gasteiger charge is -2.09. The summed E-state index contributed by atoms with van der Waals surface area (Å²) in [5.41, 5.74) is 1.35. The van der Waals surface area contributed by atoms with E-state index in [1.165, 1.54) is 0 Å². The zero-order chi connectivity index (χ0) is 14.5. The first-order valence-electron chi connectivity index (χ1n) is 6.44. The molecule has 5 nitrogen and oxygen atoms in total. The van der Waals surface area contributed by atoms with Crippen LogP contribution in [-0.4, -0.2) is 37.1 Å². The van der Waals surface area contributed by atoms with Crippen LogP contribution >= 0.6 is 0 Å². The van der Waals surface area contributed by atoms with Crippen LogP contribution in [0.2, 0.25) is 0 Å². The Kier molecular flexibility index (Phi) is 5.60. The van der Waals surface area contributed by atoms with Crippen molar-refractivity contribution in [1.29, 1.82) is 0 Å². The lowest BCUT2D eigenvalue weighted by molar-refractivity contribution is 0.0513. The van der Waals surface area contributed by atoms with Crippen LogP contribution < -0.4 is 0 Å². The van der Waals surface area contributed by atoms with Crippen LogP contribution in [0.3, 0.4) is 0 Å². The minimum atomic E-state index is -2.96. The summed E-state index contributed by atoms with van der Waals surface area (Å²) >= 11 is 0. The molecule has 6 heteroatoms. The largest absolute Gasteiger partial charge is 0.461 e. The first kappa shape index (κ1) is 15.8. The maximum absolute atomic E-state index is 11.8. The average molecular weight is 287 g/mol. The number of hydrogen-bond donors (Lipinski definition) is 0. The molecule has 0 N–H and O–H groups in total. The van der Waals surface area contributed by atoms with Gasteiger partial charge in [0.05, 0.1) is 12.4 Å². The van der Waals surface area contributed by atoms with E-state index >= 15 is 0 Å². The Morgan fingerprint density at radius 2 is 2.05 bits per heavy atom. The third kappa shape index (κ3) is 4.38. The number of carbonyl (C=O) groups is 1. The summed E-state index contributed by atoms with van der Waals surface area (Å²) < 4.78 is 29.6. The Morgan fingerprint density at radius 3 is 2.63 bits per heavy atom. The highest BCUT2D eigenvalue weighted by molar-refractivity contribution is 7.91. The summed E-state index contributed by atoms with van der Waals surface area (Å²) in [5.74, 6) is -0.0610. The summed E-state index contributed by atoms with van der Waals surface area (Å²) in [6, 6.07) is 1.83. The fraction of sp³-hybridized carbons (Fsp3) is 0.615. The number of hydrogen-bond acceptors (Lipinski definition) is 4. The first-order chi connectivity index (χ1) is 8.91. The van der Waals surface area contributed by atoms with Crippen LogP contribution in [0, 0.1) is 6.92 Å². The van der Waals surface area contributed by atoms with Crippen molar-refractivity contribution in [2.75, 3.05) is 18.1 Å². The van der Waals surface area contributed by atoms with Gasteiger partial charge in [0.25, 0.3) is 0 Å². The molecule has 19 heavy (non-hydrogen) atoms. The predicted octanol–water partition coefficient (Wildman–Crippen LogP) is 1.80. The molecule has 1 rings (SSSR count). The number of ether oxygens (including phenoxy) is 1. The predicted molar refractivity (Wildman–Crippen MR) is 74.1 cm³/mol. The zero-order valence-electron chi connectivity index (χ0n) is 11.7. The van der Waals surface area contributed by atoms with E-state index in [2.05, 4.69) is 0 Å². The molecule has 0 saturated heterocycles. The zero-order valence-corrected chi connectivity index (χ0v) is 12.5. The standard InChI is InChI=1S/C13H21NO4S/c1-4-18-13(15)12-11(3)7-9-14(12)8-6-10-19(16,17)5-2/h7,9H,4-6,8,10H2,1-3H3. The van der Waals surface area contributed by atoms with Gasteiger partial charge in [-0.15, -0.1) is 0 Å². The SMILES string of the molecule is CCOC(=O)c1c(C)ccn1CCCS(=O)(=O)CC. The van der Waals surface area contributed by atoms with Crippen molar-refractivity contribution in [3.05, 3.63) is 23.5 Å². The van der Waals surface area contributed by atoms with Gasteiger partial charge in [0.15, 0.2) is 0 Å². The van der Waals surface area contributed by atoms with E-state index < -0.39 is 9.84 Å². The molecule has 108 valence electrons. The lowest BCUT2D eigenvalue weighted by Crippen LogP contribution is -2.16. The Labute approximate surface area is 114 Å². The van der Waals surface area contributed by atoms with Crippen LogP contribution in [0.4, 0.5) is 0 Å². The van der Waals surface area contributed by atoms with E-state index in [1.54, 1.807) is 24.6 Å². The summed E-state index contributed by atoms with van der Waals surface area (Å²) in [4.78, 5) is 11.8. The molecule has 0 radical (unpaired) electrons. The van der Waals surface area contributed by atoms with Gasteiger partial charge < -0.3 is 9.30 Å². The molecular formula is C13H21NO4S. The molecule has 0 saturated carbocycles. The van der Waals surface area contributed by atoms with E-state index in [0.29, 0.717) is 25.3 Å². The molecule has 0 amide bonds. The highest BCUT2D eigenvalue weighted by atomic mass is 32.2. The summed E-state index contributed by atoms with van der Waals surface area (Å²) in [6.45, 7) is 6.06. The fourth-order valence-electron chi connectivity index (χ4n) is 1.84. The monoisotopic (exact) mass is 287 g/mol. The minimum Gasteiger partial charge on any atom is -0.461 e. The van der Waals surface area contributed by atoms with Gasteiger partial charge in [0.2, 0.25) is 0 Å². The fourth-order valence-corrected chi connectivity index (χ4v) is 2.70. The number of aryl methyl sites for hydroxylation is 2. The molecule has 1 aromatic rings. The van der Waals surface area contributed by atoms with Gasteiger partial charge in [-0.25, -0.2) is 13.2 Å². The molecule has 0 spiro atoms. The van der Waals surface area contributed by atoms with E-state index in [9.17, 15) is 13.2 Å². The van der Waals surface area contributed by atoms with Gasteiger partial charge in [0, 0.05) is 18.5 Å². The second kappa shape index (κ2) is 6.75. The quantitative estimate of drug-likeness (QED) is 0.717. The van der Waals surface area contributed by atoms with Gasteiger partial charge in [-0.1, -0.05) is 6.92 Å². The van der Waals surface area contributed by atoms with Crippen molar-refractivity contribution in [2.45, 2.75) is 33.7 Å². The van der Waals surface area contributed by atoms with Gasteiger partial charge in [0.1, 0.15) is 15.5 Å². The third-order valence-electron chi connectivity index (χ3n) is 2.93. The molecule has 0 bridgehead atoms.